The summed E-state index contributed by atoms with van der Waals surface area (Å²) in [5.74, 6) is 6.29. The van der Waals surface area contributed by atoms with Gasteiger partial charge in [0.1, 0.15) is 0 Å². The predicted octanol–water partition coefficient (Wildman–Crippen LogP) is 3.36. The number of nitrogens with one attached hydrogen (secondary N) is 1. The number of hydrazine groups is 1. The molecule has 3 nitrogen and oxygen atoms in total. The molecule has 0 aliphatic heterocycles. The fourth-order valence-corrected chi connectivity index (χ4v) is 2.52. The topological polar surface area (TPSA) is 64.1 Å². The first kappa shape index (κ1) is 14.5. The summed E-state index contributed by atoms with van der Waals surface area (Å²) in [6, 6.07) is 6.02. The molecule has 5 N–H and O–H groups in total. The number of hydrogen-bond donors (Lipinski definition) is 3. The average molecular weight is 300 g/mol. The highest BCUT2D eigenvalue weighted by Crippen LogP contribution is 2.29. The van der Waals surface area contributed by atoms with E-state index in [1.165, 1.54) is 12.8 Å². The van der Waals surface area contributed by atoms with Crippen LogP contribution in [0, 0.1) is 5.92 Å². The van der Waals surface area contributed by atoms with Gasteiger partial charge >= 0.3 is 0 Å². The zero-order valence-electron chi connectivity index (χ0n) is 10.5. The molecule has 96 valence electrons. The molecular formula is C13H22BrN3. The largest absolute Gasteiger partial charge is 0.398 e. The third-order valence-corrected chi connectivity index (χ3v) is 3.54. The van der Waals surface area contributed by atoms with E-state index in [0.29, 0.717) is 5.92 Å². The van der Waals surface area contributed by atoms with Crippen molar-refractivity contribution in [1.82, 2.24) is 5.43 Å². The van der Waals surface area contributed by atoms with Crippen LogP contribution in [0.1, 0.15) is 44.7 Å². The maximum atomic E-state index is 6.00. The van der Waals surface area contributed by atoms with Gasteiger partial charge in [0.15, 0.2) is 0 Å². The number of benzene rings is 1. The summed E-state index contributed by atoms with van der Waals surface area (Å²) < 4.78 is 1.03. The molecule has 0 saturated heterocycles. The Morgan fingerprint density at radius 3 is 2.71 bits per heavy atom. The Hall–Kier alpha value is -0.580. The minimum atomic E-state index is 0.119. The van der Waals surface area contributed by atoms with Gasteiger partial charge in [0.05, 0.1) is 0 Å². The fourth-order valence-electron chi connectivity index (χ4n) is 2.15. The lowest BCUT2D eigenvalue weighted by Crippen LogP contribution is -2.30. The number of rotatable bonds is 6. The van der Waals surface area contributed by atoms with Crippen molar-refractivity contribution in [3.63, 3.8) is 0 Å². The van der Waals surface area contributed by atoms with Gasteiger partial charge in [-0.05, 0) is 36.1 Å². The van der Waals surface area contributed by atoms with Gasteiger partial charge in [0.2, 0.25) is 0 Å². The SMILES string of the molecule is CCCC(C)CC(NN)c1cc(Br)ccc1N. The number of halogens is 1. The van der Waals surface area contributed by atoms with Crippen molar-refractivity contribution in [3.8, 4) is 0 Å². The van der Waals surface area contributed by atoms with Gasteiger partial charge < -0.3 is 5.73 Å². The van der Waals surface area contributed by atoms with Crippen LogP contribution in [0.5, 0.6) is 0 Å². The molecule has 0 saturated carbocycles. The maximum absolute atomic E-state index is 6.00. The minimum absolute atomic E-state index is 0.119. The normalized spacial score (nSPS) is 14.6. The molecule has 1 aromatic carbocycles. The van der Waals surface area contributed by atoms with Crippen molar-refractivity contribution in [3.05, 3.63) is 28.2 Å². The Morgan fingerprint density at radius 1 is 1.41 bits per heavy atom. The molecule has 0 aromatic heterocycles. The van der Waals surface area contributed by atoms with E-state index in [1.807, 2.05) is 18.2 Å². The zero-order valence-corrected chi connectivity index (χ0v) is 12.1. The molecule has 0 amide bonds. The number of nitrogens with two attached hydrogens (primary N) is 2. The second-order valence-corrected chi connectivity index (χ2v) is 5.54. The summed E-state index contributed by atoms with van der Waals surface area (Å²) in [5.41, 5.74) is 10.7. The van der Waals surface area contributed by atoms with Gasteiger partial charge in [-0.3, -0.25) is 11.3 Å². The van der Waals surface area contributed by atoms with E-state index in [1.54, 1.807) is 0 Å². The molecule has 0 spiro atoms. The Balaban J connectivity index is 2.82. The first-order valence-electron chi connectivity index (χ1n) is 6.09. The van der Waals surface area contributed by atoms with E-state index in [9.17, 15) is 0 Å². The van der Waals surface area contributed by atoms with Crippen molar-refractivity contribution in [1.29, 1.82) is 0 Å². The van der Waals surface area contributed by atoms with Gasteiger partial charge in [-0.15, -0.1) is 0 Å². The highest BCUT2D eigenvalue weighted by atomic mass is 79.9. The fraction of sp³-hybridized carbons (Fsp3) is 0.538. The summed E-state index contributed by atoms with van der Waals surface area (Å²) in [7, 11) is 0. The minimum Gasteiger partial charge on any atom is -0.398 e. The Kier molecular flexibility index (Phi) is 5.95. The smallest absolute Gasteiger partial charge is 0.0483 e. The molecule has 0 fully saturated rings. The lowest BCUT2D eigenvalue weighted by molar-refractivity contribution is 0.395. The molecule has 0 radical (unpaired) electrons. The van der Waals surface area contributed by atoms with Crippen molar-refractivity contribution < 1.29 is 0 Å². The predicted molar refractivity (Wildman–Crippen MR) is 77.3 cm³/mol. The molecule has 0 aliphatic rings. The lowest BCUT2D eigenvalue weighted by atomic mass is 9.92. The van der Waals surface area contributed by atoms with Crippen LogP contribution in [0.4, 0.5) is 5.69 Å². The van der Waals surface area contributed by atoms with Gasteiger partial charge in [-0.2, -0.15) is 0 Å². The van der Waals surface area contributed by atoms with Crippen molar-refractivity contribution in [2.45, 2.75) is 39.2 Å². The van der Waals surface area contributed by atoms with E-state index in [-0.39, 0.29) is 6.04 Å². The van der Waals surface area contributed by atoms with Crippen LogP contribution in [0.3, 0.4) is 0 Å². The summed E-state index contributed by atoms with van der Waals surface area (Å²) >= 11 is 3.47. The third kappa shape index (κ3) is 4.30. The van der Waals surface area contributed by atoms with Crippen LogP contribution >= 0.6 is 15.9 Å². The second-order valence-electron chi connectivity index (χ2n) is 4.62. The summed E-state index contributed by atoms with van der Waals surface area (Å²) in [6.07, 6.45) is 3.42. The summed E-state index contributed by atoms with van der Waals surface area (Å²) in [6.45, 7) is 4.46. The standard InChI is InChI=1S/C13H22BrN3/c1-3-4-9(2)7-13(17-16)11-8-10(14)5-6-12(11)15/h5-6,8-9,13,17H,3-4,7,15-16H2,1-2H3. The number of hydrogen-bond acceptors (Lipinski definition) is 3. The number of nitrogen functional groups attached to an aromatic ring is 1. The zero-order chi connectivity index (χ0) is 12.8. The molecule has 1 rings (SSSR count). The molecular weight excluding hydrogens is 278 g/mol. The van der Waals surface area contributed by atoms with Gasteiger partial charge in [-0.1, -0.05) is 42.6 Å². The van der Waals surface area contributed by atoms with Crippen LogP contribution < -0.4 is 17.0 Å². The van der Waals surface area contributed by atoms with Gasteiger partial charge in [-0.25, -0.2) is 0 Å². The van der Waals surface area contributed by atoms with Crippen LogP contribution in [-0.4, -0.2) is 0 Å². The first-order valence-corrected chi connectivity index (χ1v) is 6.88. The van der Waals surface area contributed by atoms with Crippen LogP contribution in [0.2, 0.25) is 0 Å². The maximum Gasteiger partial charge on any atom is 0.0483 e. The summed E-state index contributed by atoms with van der Waals surface area (Å²) in [4.78, 5) is 0. The quantitative estimate of drug-likeness (QED) is 0.429. The van der Waals surface area contributed by atoms with E-state index >= 15 is 0 Å². The molecule has 2 atom stereocenters. The monoisotopic (exact) mass is 299 g/mol. The van der Waals surface area contributed by atoms with Gasteiger partial charge in [0.25, 0.3) is 0 Å². The highest BCUT2D eigenvalue weighted by molar-refractivity contribution is 9.10. The van der Waals surface area contributed by atoms with Crippen LogP contribution in [-0.2, 0) is 0 Å². The van der Waals surface area contributed by atoms with Crippen LogP contribution in [0.15, 0.2) is 22.7 Å². The molecule has 1 aromatic rings. The average Bonchev–Trinajstić information content (AvgIpc) is 2.30. The van der Waals surface area contributed by atoms with E-state index < -0.39 is 0 Å². The van der Waals surface area contributed by atoms with Crippen molar-refractivity contribution in [2.75, 3.05) is 5.73 Å². The Morgan fingerprint density at radius 2 is 2.12 bits per heavy atom. The van der Waals surface area contributed by atoms with Gasteiger partial charge in [0, 0.05) is 16.2 Å². The van der Waals surface area contributed by atoms with Crippen molar-refractivity contribution >= 4 is 21.6 Å². The summed E-state index contributed by atoms with van der Waals surface area (Å²) in [5, 5.41) is 0. The molecule has 0 bridgehead atoms. The molecule has 4 heteroatoms. The highest BCUT2D eigenvalue weighted by Gasteiger charge is 2.16. The van der Waals surface area contributed by atoms with Crippen LogP contribution in [0.25, 0.3) is 0 Å². The molecule has 17 heavy (non-hydrogen) atoms. The Bertz CT molecular complexity index is 355. The van der Waals surface area contributed by atoms with E-state index in [4.69, 9.17) is 11.6 Å². The van der Waals surface area contributed by atoms with E-state index in [0.717, 1.165) is 22.1 Å². The lowest BCUT2D eigenvalue weighted by Gasteiger charge is -2.22. The first-order chi connectivity index (χ1) is 8.08. The van der Waals surface area contributed by atoms with Crippen molar-refractivity contribution in [2.24, 2.45) is 11.8 Å². The molecule has 0 heterocycles. The van der Waals surface area contributed by atoms with E-state index in [2.05, 4.69) is 35.2 Å². The molecule has 0 aliphatic carbocycles. The second kappa shape index (κ2) is 6.99. The molecule has 2 unspecified atom stereocenters. The third-order valence-electron chi connectivity index (χ3n) is 3.04. The number of anilines is 1. The Labute approximate surface area is 112 Å².